The van der Waals surface area contributed by atoms with E-state index in [0.717, 1.165) is 19.3 Å². The minimum absolute atomic E-state index is 0.116. The van der Waals surface area contributed by atoms with Gasteiger partial charge in [0.25, 0.3) is 0 Å². The first-order valence-electron chi connectivity index (χ1n) is 5.14. The largest absolute Gasteiger partial charge is 0.386 e. The van der Waals surface area contributed by atoms with Gasteiger partial charge in [0.15, 0.2) is 0 Å². The molecule has 0 aliphatic rings. The van der Waals surface area contributed by atoms with E-state index in [4.69, 9.17) is 11.1 Å². The zero-order valence-electron chi connectivity index (χ0n) is 9.30. The number of hydrogen-bond donors (Lipinski definition) is 2. The van der Waals surface area contributed by atoms with E-state index < -0.39 is 0 Å². The Morgan fingerprint density at radius 2 is 1.69 bits per heavy atom. The van der Waals surface area contributed by atoms with Crippen LogP contribution in [-0.4, -0.2) is 29.9 Å². The third-order valence-electron chi connectivity index (χ3n) is 2.76. The third kappa shape index (κ3) is 3.35. The summed E-state index contributed by atoms with van der Waals surface area (Å²) in [7, 11) is 2.06. The highest BCUT2D eigenvalue weighted by Gasteiger charge is 2.20. The molecule has 13 heavy (non-hydrogen) atoms. The van der Waals surface area contributed by atoms with Gasteiger partial charge in [-0.15, -0.1) is 0 Å². The van der Waals surface area contributed by atoms with Crippen molar-refractivity contribution in [2.75, 3.05) is 7.05 Å². The molecular formula is C10H23N3. The topological polar surface area (TPSA) is 53.1 Å². The van der Waals surface area contributed by atoms with Crippen molar-refractivity contribution in [3.8, 4) is 0 Å². The zero-order valence-corrected chi connectivity index (χ0v) is 9.30. The monoisotopic (exact) mass is 185 g/mol. The Labute approximate surface area is 81.8 Å². The van der Waals surface area contributed by atoms with Crippen LogP contribution >= 0.6 is 0 Å². The molecule has 0 saturated heterocycles. The fraction of sp³-hybridized carbons (Fsp3) is 0.900. The van der Waals surface area contributed by atoms with Gasteiger partial charge in [-0.05, 0) is 26.3 Å². The normalized spacial score (nSPS) is 13.7. The van der Waals surface area contributed by atoms with E-state index >= 15 is 0 Å². The summed E-state index contributed by atoms with van der Waals surface area (Å²) in [4.78, 5) is 2.22. The first-order valence-corrected chi connectivity index (χ1v) is 5.14. The minimum atomic E-state index is 0.116. The van der Waals surface area contributed by atoms with Gasteiger partial charge >= 0.3 is 0 Å². The number of nitrogens with one attached hydrogen (secondary N) is 1. The molecule has 0 aromatic rings. The lowest BCUT2D eigenvalue weighted by atomic mass is 10.1. The molecule has 0 saturated carbocycles. The second-order valence-electron chi connectivity index (χ2n) is 3.52. The van der Waals surface area contributed by atoms with Crippen LogP contribution in [-0.2, 0) is 0 Å². The lowest BCUT2D eigenvalue weighted by Gasteiger charge is -2.32. The van der Waals surface area contributed by atoms with Crippen molar-refractivity contribution in [2.24, 2.45) is 5.73 Å². The lowest BCUT2D eigenvalue weighted by molar-refractivity contribution is 0.197. The summed E-state index contributed by atoms with van der Waals surface area (Å²) >= 11 is 0. The smallest absolute Gasteiger partial charge is 0.108 e. The Morgan fingerprint density at radius 1 is 1.23 bits per heavy atom. The number of amidine groups is 1. The summed E-state index contributed by atoms with van der Waals surface area (Å²) in [5.74, 6) is 0.289. The third-order valence-corrected chi connectivity index (χ3v) is 2.76. The second-order valence-corrected chi connectivity index (χ2v) is 3.52. The van der Waals surface area contributed by atoms with Gasteiger partial charge < -0.3 is 5.73 Å². The van der Waals surface area contributed by atoms with Crippen LogP contribution < -0.4 is 5.73 Å². The summed E-state index contributed by atoms with van der Waals surface area (Å²) in [5, 5.41) is 7.46. The molecule has 78 valence electrons. The highest BCUT2D eigenvalue weighted by molar-refractivity contribution is 5.82. The maximum atomic E-state index is 7.46. The lowest BCUT2D eigenvalue weighted by Crippen LogP contribution is -2.46. The standard InChI is InChI=1S/C10H23N3/c1-5-8(6-2)13(4)9(7-3)10(11)12/h8-9H,5-7H2,1-4H3,(H3,11,12). The molecule has 0 aromatic carbocycles. The molecule has 1 atom stereocenters. The second kappa shape index (κ2) is 5.97. The molecule has 0 aromatic heterocycles. The van der Waals surface area contributed by atoms with Crippen LogP contribution in [0, 0.1) is 5.41 Å². The molecule has 0 amide bonds. The molecule has 0 spiro atoms. The molecule has 0 bridgehead atoms. The number of nitrogens with two attached hydrogens (primary N) is 1. The van der Waals surface area contributed by atoms with Crippen molar-refractivity contribution in [1.29, 1.82) is 5.41 Å². The Kier molecular flexibility index (Phi) is 5.71. The van der Waals surface area contributed by atoms with Gasteiger partial charge in [-0.3, -0.25) is 10.3 Å². The van der Waals surface area contributed by atoms with Crippen LogP contribution in [0.15, 0.2) is 0 Å². The minimum Gasteiger partial charge on any atom is -0.386 e. The quantitative estimate of drug-likeness (QED) is 0.490. The maximum absolute atomic E-state index is 7.46. The molecule has 0 radical (unpaired) electrons. The van der Waals surface area contributed by atoms with E-state index in [-0.39, 0.29) is 11.9 Å². The highest BCUT2D eigenvalue weighted by Crippen LogP contribution is 2.12. The van der Waals surface area contributed by atoms with Crippen molar-refractivity contribution in [2.45, 2.75) is 52.1 Å². The van der Waals surface area contributed by atoms with Gasteiger partial charge in [0.05, 0.1) is 6.04 Å². The number of nitrogens with zero attached hydrogens (tertiary/aromatic N) is 1. The van der Waals surface area contributed by atoms with E-state index in [1.165, 1.54) is 0 Å². The molecule has 3 N–H and O–H groups in total. The molecular weight excluding hydrogens is 162 g/mol. The van der Waals surface area contributed by atoms with Gasteiger partial charge in [-0.1, -0.05) is 20.8 Å². The first kappa shape index (κ1) is 12.4. The van der Waals surface area contributed by atoms with Crippen LogP contribution in [0.4, 0.5) is 0 Å². The van der Waals surface area contributed by atoms with Gasteiger partial charge in [-0.25, -0.2) is 0 Å². The van der Waals surface area contributed by atoms with Crippen LogP contribution in [0.5, 0.6) is 0 Å². The van der Waals surface area contributed by atoms with Crippen LogP contribution in [0.25, 0.3) is 0 Å². The van der Waals surface area contributed by atoms with E-state index in [0.29, 0.717) is 6.04 Å². The average molecular weight is 185 g/mol. The van der Waals surface area contributed by atoms with Crippen molar-refractivity contribution in [1.82, 2.24) is 4.90 Å². The molecule has 0 rings (SSSR count). The molecule has 1 unspecified atom stereocenters. The van der Waals surface area contributed by atoms with E-state index in [2.05, 4.69) is 32.7 Å². The van der Waals surface area contributed by atoms with Crippen molar-refractivity contribution < 1.29 is 0 Å². The summed E-state index contributed by atoms with van der Waals surface area (Å²) in [6.07, 6.45) is 3.16. The van der Waals surface area contributed by atoms with E-state index in [1.807, 2.05) is 0 Å². The first-order chi connectivity index (χ1) is 6.08. The SMILES string of the molecule is CCC(CC)N(C)C(CC)C(=N)N. The van der Waals surface area contributed by atoms with Crippen LogP contribution in [0.1, 0.15) is 40.0 Å². The summed E-state index contributed by atoms with van der Waals surface area (Å²) < 4.78 is 0. The summed E-state index contributed by atoms with van der Waals surface area (Å²) in [6, 6.07) is 0.666. The predicted molar refractivity (Wildman–Crippen MR) is 58.1 cm³/mol. The number of hydrogen-bond acceptors (Lipinski definition) is 2. The molecule has 0 heterocycles. The summed E-state index contributed by atoms with van der Waals surface area (Å²) in [6.45, 7) is 6.43. The fourth-order valence-corrected chi connectivity index (χ4v) is 1.85. The highest BCUT2D eigenvalue weighted by atomic mass is 15.2. The van der Waals surface area contributed by atoms with Crippen molar-refractivity contribution >= 4 is 5.84 Å². The van der Waals surface area contributed by atoms with E-state index in [1.54, 1.807) is 0 Å². The maximum Gasteiger partial charge on any atom is 0.108 e. The zero-order chi connectivity index (χ0) is 10.4. The van der Waals surface area contributed by atoms with Crippen LogP contribution in [0.2, 0.25) is 0 Å². The Bertz CT molecular complexity index is 152. The van der Waals surface area contributed by atoms with Crippen LogP contribution in [0.3, 0.4) is 0 Å². The Hall–Kier alpha value is -0.570. The molecule has 0 aliphatic carbocycles. The number of rotatable bonds is 6. The molecule has 3 heteroatoms. The fourth-order valence-electron chi connectivity index (χ4n) is 1.85. The predicted octanol–water partition coefficient (Wildman–Crippen LogP) is 1.82. The van der Waals surface area contributed by atoms with Crippen molar-refractivity contribution in [3.63, 3.8) is 0 Å². The molecule has 0 fully saturated rings. The summed E-state index contributed by atoms with van der Waals surface area (Å²) in [5.41, 5.74) is 5.54. The Morgan fingerprint density at radius 3 is 1.92 bits per heavy atom. The van der Waals surface area contributed by atoms with Gasteiger partial charge in [0.2, 0.25) is 0 Å². The molecule has 0 aliphatic heterocycles. The number of likely N-dealkylation sites (N-methyl/N-ethyl adjacent to an activating group) is 1. The van der Waals surface area contributed by atoms with Gasteiger partial charge in [0, 0.05) is 6.04 Å². The van der Waals surface area contributed by atoms with Gasteiger partial charge in [0.1, 0.15) is 5.84 Å². The van der Waals surface area contributed by atoms with Crippen molar-refractivity contribution in [3.05, 3.63) is 0 Å². The van der Waals surface area contributed by atoms with E-state index in [9.17, 15) is 0 Å². The average Bonchev–Trinajstić information content (AvgIpc) is 2.07. The molecule has 3 nitrogen and oxygen atoms in total. The van der Waals surface area contributed by atoms with Gasteiger partial charge in [-0.2, -0.15) is 0 Å². The Balaban J connectivity index is 4.33.